The number of benzene rings is 2. The molecule has 0 spiro atoms. The zero-order valence-electron chi connectivity index (χ0n) is 19.5. The average molecular weight is 444 g/mol. The highest BCUT2D eigenvalue weighted by atomic mass is 16.5. The minimum Gasteiger partial charge on any atom is -0.438 e. The third kappa shape index (κ3) is 5.79. The van der Waals surface area contributed by atoms with Crippen molar-refractivity contribution >= 4 is 5.91 Å². The SMILES string of the molecule is CN(C)C1(CCc2ccccc2)CCC(NC(=O)c2cccnc2Oc2ccccc2)CC1. The van der Waals surface area contributed by atoms with E-state index in [9.17, 15) is 4.79 Å². The smallest absolute Gasteiger partial charge is 0.257 e. The zero-order valence-corrected chi connectivity index (χ0v) is 19.5. The molecule has 4 rings (SSSR count). The zero-order chi connectivity index (χ0) is 23.1. The second-order valence-electron chi connectivity index (χ2n) is 9.12. The number of carbonyl (C=O) groups is 1. The standard InChI is InChI=1S/C28H33N3O2/c1-31(2)28(18-15-22-10-5-3-6-11-22)19-16-23(17-20-28)30-26(32)25-14-9-21-29-27(25)33-24-12-7-4-8-13-24/h3-14,21,23H,15-20H2,1-2H3,(H,30,32). The number of ether oxygens (including phenoxy) is 1. The van der Waals surface area contributed by atoms with E-state index < -0.39 is 0 Å². The minimum atomic E-state index is -0.124. The first-order valence-corrected chi connectivity index (χ1v) is 11.8. The number of aromatic nitrogens is 1. The molecule has 1 N–H and O–H groups in total. The summed E-state index contributed by atoms with van der Waals surface area (Å²) >= 11 is 0. The number of nitrogens with zero attached hydrogens (tertiary/aromatic N) is 2. The number of carbonyl (C=O) groups excluding carboxylic acids is 1. The Morgan fingerprint density at radius 2 is 1.67 bits per heavy atom. The normalized spacial score (nSPS) is 20.4. The Labute approximate surface area is 196 Å². The highest BCUT2D eigenvalue weighted by molar-refractivity contribution is 5.96. The van der Waals surface area contributed by atoms with Crippen LogP contribution in [0.5, 0.6) is 11.6 Å². The van der Waals surface area contributed by atoms with Gasteiger partial charge in [-0.05, 0) is 82.4 Å². The van der Waals surface area contributed by atoms with Gasteiger partial charge in [0.15, 0.2) is 0 Å². The number of hydrogen-bond acceptors (Lipinski definition) is 4. The number of nitrogens with one attached hydrogen (secondary N) is 1. The van der Waals surface area contributed by atoms with Crippen LogP contribution in [0, 0.1) is 0 Å². The molecule has 33 heavy (non-hydrogen) atoms. The first-order chi connectivity index (χ1) is 16.1. The van der Waals surface area contributed by atoms with Gasteiger partial charge in [0, 0.05) is 17.8 Å². The molecule has 1 aliphatic carbocycles. The van der Waals surface area contributed by atoms with E-state index in [1.165, 1.54) is 5.56 Å². The van der Waals surface area contributed by atoms with Crippen LogP contribution < -0.4 is 10.1 Å². The number of aryl methyl sites for hydroxylation is 1. The van der Waals surface area contributed by atoms with Crippen molar-refractivity contribution < 1.29 is 9.53 Å². The van der Waals surface area contributed by atoms with E-state index in [0.29, 0.717) is 17.2 Å². The summed E-state index contributed by atoms with van der Waals surface area (Å²) in [4.78, 5) is 19.8. The number of para-hydroxylation sites is 1. The van der Waals surface area contributed by atoms with Crippen molar-refractivity contribution in [2.24, 2.45) is 0 Å². The number of amides is 1. The Morgan fingerprint density at radius 1 is 1.00 bits per heavy atom. The van der Waals surface area contributed by atoms with Crippen LogP contribution in [-0.4, -0.2) is 41.5 Å². The monoisotopic (exact) mass is 443 g/mol. The summed E-state index contributed by atoms with van der Waals surface area (Å²) in [6.45, 7) is 0. The van der Waals surface area contributed by atoms with E-state index in [1.54, 1.807) is 18.3 Å². The Bertz CT molecular complexity index is 1030. The minimum absolute atomic E-state index is 0.124. The van der Waals surface area contributed by atoms with E-state index in [0.717, 1.165) is 38.5 Å². The predicted molar refractivity (Wildman–Crippen MR) is 132 cm³/mol. The van der Waals surface area contributed by atoms with Gasteiger partial charge in [0.2, 0.25) is 5.88 Å². The Balaban J connectivity index is 1.37. The third-order valence-electron chi connectivity index (χ3n) is 6.90. The summed E-state index contributed by atoms with van der Waals surface area (Å²) in [7, 11) is 4.37. The molecule has 0 bridgehead atoms. The molecule has 0 aliphatic heterocycles. The fourth-order valence-corrected chi connectivity index (χ4v) is 4.75. The molecule has 1 heterocycles. The summed E-state index contributed by atoms with van der Waals surface area (Å²) in [5.41, 5.74) is 2.03. The van der Waals surface area contributed by atoms with Crippen molar-refractivity contribution in [3.63, 3.8) is 0 Å². The van der Waals surface area contributed by atoms with Crippen LogP contribution in [-0.2, 0) is 6.42 Å². The maximum Gasteiger partial charge on any atom is 0.257 e. The molecule has 1 saturated carbocycles. The van der Waals surface area contributed by atoms with Crippen LogP contribution in [0.3, 0.4) is 0 Å². The predicted octanol–water partition coefficient (Wildman–Crippen LogP) is 5.48. The lowest BCUT2D eigenvalue weighted by atomic mass is 9.75. The lowest BCUT2D eigenvalue weighted by Gasteiger charge is -2.45. The van der Waals surface area contributed by atoms with E-state index in [4.69, 9.17) is 4.74 Å². The molecule has 1 fully saturated rings. The Hall–Kier alpha value is -3.18. The van der Waals surface area contributed by atoms with E-state index >= 15 is 0 Å². The van der Waals surface area contributed by atoms with Crippen LogP contribution in [0.2, 0.25) is 0 Å². The molecular formula is C28H33N3O2. The fourth-order valence-electron chi connectivity index (χ4n) is 4.75. The van der Waals surface area contributed by atoms with E-state index in [-0.39, 0.29) is 17.5 Å². The molecule has 172 valence electrons. The molecule has 3 aromatic rings. The van der Waals surface area contributed by atoms with Gasteiger partial charge in [0.25, 0.3) is 5.91 Å². The summed E-state index contributed by atoms with van der Waals surface area (Å²) in [6.07, 6.45) is 7.92. The highest BCUT2D eigenvalue weighted by Crippen LogP contribution is 2.36. The first kappa shape index (κ1) is 23.0. The van der Waals surface area contributed by atoms with Crippen molar-refractivity contribution in [1.29, 1.82) is 0 Å². The maximum atomic E-state index is 13.1. The summed E-state index contributed by atoms with van der Waals surface area (Å²) < 4.78 is 5.88. The lowest BCUT2D eigenvalue weighted by molar-refractivity contribution is 0.0716. The molecule has 1 aliphatic rings. The van der Waals surface area contributed by atoms with Gasteiger partial charge >= 0.3 is 0 Å². The van der Waals surface area contributed by atoms with Gasteiger partial charge < -0.3 is 15.0 Å². The van der Waals surface area contributed by atoms with Crippen molar-refractivity contribution in [3.05, 3.63) is 90.1 Å². The van der Waals surface area contributed by atoms with Crippen LogP contribution in [0.15, 0.2) is 79.0 Å². The van der Waals surface area contributed by atoms with Crippen molar-refractivity contribution in [1.82, 2.24) is 15.2 Å². The average Bonchev–Trinajstić information content (AvgIpc) is 2.85. The quantitative estimate of drug-likeness (QED) is 0.501. The number of pyridine rings is 1. The van der Waals surface area contributed by atoms with Crippen LogP contribution in [0.4, 0.5) is 0 Å². The molecule has 0 unspecified atom stereocenters. The molecule has 5 heteroatoms. The van der Waals surface area contributed by atoms with Gasteiger partial charge in [-0.1, -0.05) is 48.5 Å². The number of hydrogen-bond donors (Lipinski definition) is 1. The largest absolute Gasteiger partial charge is 0.438 e. The third-order valence-corrected chi connectivity index (χ3v) is 6.90. The molecule has 2 aromatic carbocycles. The summed E-state index contributed by atoms with van der Waals surface area (Å²) in [6, 6.07) is 23.8. The van der Waals surface area contributed by atoms with Gasteiger partial charge in [0.05, 0.1) is 0 Å². The lowest BCUT2D eigenvalue weighted by Crippen LogP contribution is -2.51. The molecule has 0 saturated heterocycles. The molecule has 0 atom stereocenters. The van der Waals surface area contributed by atoms with Crippen molar-refractivity contribution in [2.45, 2.75) is 50.1 Å². The van der Waals surface area contributed by atoms with Crippen LogP contribution >= 0.6 is 0 Å². The van der Waals surface area contributed by atoms with Crippen molar-refractivity contribution in [3.8, 4) is 11.6 Å². The highest BCUT2D eigenvalue weighted by Gasteiger charge is 2.37. The Kier molecular flexibility index (Phi) is 7.40. The second-order valence-corrected chi connectivity index (χ2v) is 9.12. The van der Waals surface area contributed by atoms with Gasteiger partial charge in [0.1, 0.15) is 11.3 Å². The van der Waals surface area contributed by atoms with Gasteiger partial charge in [-0.3, -0.25) is 4.79 Å². The first-order valence-electron chi connectivity index (χ1n) is 11.8. The second kappa shape index (κ2) is 10.6. The van der Waals surface area contributed by atoms with Crippen LogP contribution in [0.25, 0.3) is 0 Å². The van der Waals surface area contributed by atoms with Gasteiger partial charge in [-0.2, -0.15) is 0 Å². The van der Waals surface area contributed by atoms with Gasteiger partial charge in [-0.25, -0.2) is 4.98 Å². The van der Waals surface area contributed by atoms with Gasteiger partial charge in [-0.15, -0.1) is 0 Å². The fraction of sp³-hybridized carbons (Fsp3) is 0.357. The molecule has 0 radical (unpaired) electrons. The molecule has 1 amide bonds. The number of rotatable bonds is 8. The van der Waals surface area contributed by atoms with E-state index in [1.807, 2.05) is 30.3 Å². The van der Waals surface area contributed by atoms with E-state index in [2.05, 4.69) is 59.6 Å². The molecule has 5 nitrogen and oxygen atoms in total. The Morgan fingerprint density at radius 3 is 2.33 bits per heavy atom. The molecule has 1 aromatic heterocycles. The topological polar surface area (TPSA) is 54.5 Å². The van der Waals surface area contributed by atoms with Crippen LogP contribution in [0.1, 0.15) is 48.0 Å². The van der Waals surface area contributed by atoms with Crippen molar-refractivity contribution in [2.75, 3.05) is 14.1 Å². The maximum absolute atomic E-state index is 13.1. The summed E-state index contributed by atoms with van der Waals surface area (Å²) in [5.74, 6) is 0.875. The summed E-state index contributed by atoms with van der Waals surface area (Å²) in [5, 5.41) is 3.23. The molecular weight excluding hydrogens is 410 g/mol.